The lowest BCUT2D eigenvalue weighted by Gasteiger charge is -2.33. The van der Waals surface area contributed by atoms with Gasteiger partial charge >= 0.3 is 0 Å². The molecule has 1 atom stereocenters. The van der Waals surface area contributed by atoms with Crippen molar-refractivity contribution in [3.05, 3.63) is 58.4 Å². The third-order valence-corrected chi connectivity index (χ3v) is 9.26. The number of anilines is 1. The number of likely N-dealkylation sites (N-methyl/N-ethyl adjacent to an activating group) is 1. The number of aromatic amines is 1. The number of ether oxygens (including phenoxy) is 1. The number of nitrogens with zero attached hydrogens (tertiary/aromatic N) is 6. The van der Waals surface area contributed by atoms with E-state index in [-0.39, 0.29) is 28.2 Å². The molecule has 3 aromatic heterocycles. The van der Waals surface area contributed by atoms with Crippen LogP contribution in [0.4, 0.5) is 5.69 Å². The van der Waals surface area contributed by atoms with E-state index in [2.05, 4.69) is 32.2 Å². The van der Waals surface area contributed by atoms with Crippen molar-refractivity contribution in [2.45, 2.75) is 44.6 Å². The summed E-state index contributed by atoms with van der Waals surface area (Å²) < 4.78 is 34.3. The first-order chi connectivity index (χ1) is 19.3. The largest absolute Gasteiger partial charge is 0.477 e. The second-order valence-electron chi connectivity index (χ2n) is 9.77. The van der Waals surface area contributed by atoms with Gasteiger partial charge in [0, 0.05) is 51.0 Å². The molecular formula is C27H36N8O4S. The highest BCUT2D eigenvalue weighted by molar-refractivity contribution is 7.89. The standard InChI is InChI=1S/C27H36N8O4S/c1-4-22-23-24(32-35(22)12-10-19-9-7-8-11-28-19)26(36)31-25(30-23)21-17-20(18-29-27(21)39-6-3)40(37,38)34-15-13-33(5-2)14-16-34/h7-9,11,17-18,22,32H,4-6,10,12-16H2,1-3H3,(H,30,31,36). The Morgan fingerprint density at radius 3 is 2.58 bits per heavy atom. The van der Waals surface area contributed by atoms with E-state index < -0.39 is 10.0 Å². The highest BCUT2D eigenvalue weighted by Crippen LogP contribution is 2.36. The molecule has 0 bridgehead atoms. The summed E-state index contributed by atoms with van der Waals surface area (Å²) in [5.41, 5.74) is 5.17. The van der Waals surface area contributed by atoms with Crippen LogP contribution in [0, 0.1) is 0 Å². The van der Waals surface area contributed by atoms with E-state index >= 15 is 0 Å². The topological polar surface area (TPSA) is 137 Å². The quantitative estimate of drug-likeness (QED) is 0.375. The molecule has 13 heteroatoms. The van der Waals surface area contributed by atoms with E-state index in [4.69, 9.17) is 9.72 Å². The SMILES string of the molecule is CCOc1ncc(S(=O)(=O)N2CCN(CC)CC2)cc1-c1nc2c(c(=O)[nH]1)NN(CCc1ccccn1)C2CC. The summed E-state index contributed by atoms with van der Waals surface area (Å²) in [5, 5.41) is 2.00. The molecule has 3 aromatic rings. The van der Waals surface area contributed by atoms with E-state index in [1.807, 2.05) is 37.1 Å². The molecule has 5 rings (SSSR count). The first-order valence-corrected chi connectivity index (χ1v) is 15.2. The summed E-state index contributed by atoms with van der Waals surface area (Å²) in [5.74, 6) is 0.436. The molecule has 0 spiro atoms. The Balaban J connectivity index is 1.47. The van der Waals surface area contributed by atoms with Gasteiger partial charge in [0.25, 0.3) is 5.56 Å². The summed E-state index contributed by atoms with van der Waals surface area (Å²) in [6.07, 6.45) is 4.50. The Hall–Kier alpha value is -3.39. The summed E-state index contributed by atoms with van der Waals surface area (Å²) in [4.78, 5) is 31.9. The van der Waals surface area contributed by atoms with Crippen LogP contribution in [0.25, 0.3) is 11.4 Å². The van der Waals surface area contributed by atoms with Crippen molar-refractivity contribution in [2.75, 3.05) is 51.3 Å². The lowest BCUT2D eigenvalue weighted by Crippen LogP contribution is -2.48. The maximum Gasteiger partial charge on any atom is 0.276 e. The molecule has 2 N–H and O–H groups in total. The Morgan fingerprint density at radius 1 is 1.10 bits per heavy atom. The average Bonchev–Trinajstić information content (AvgIpc) is 3.35. The third-order valence-electron chi connectivity index (χ3n) is 7.39. The first-order valence-electron chi connectivity index (χ1n) is 13.8. The van der Waals surface area contributed by atoms with Crippen molar-refractivity contribution in [3.8, 4) is 17.3 Å². The van der Waals surface area contributed by atoms with Crippen molar-refractivity contribution in [2.24, 2.45) is 0 Å². The molecule has 0 amide bonds. The molecule has 214 valence electrons. The predicted molar refractivity (Wildman–Crippen MR) is 151 cm³/mol. The summed E-state index contributed by atoms with van der Waals surface area (Å²) in [6, 6.07) is 7.16. The van der Waals surface area contributed by atoms with Gasteiger partial charge in [0.05, 0.1) is 30.1 Å². The van der Waals surface area contributed by atoms with Gasteiger partial charge in [-0.25, -0.2) is 23.4 Å². The van der Waals surface area contributed by atoms with Crippen molar-refractivity contribution in [1.82, 2.24) is 34.1 Å². The minimum atomic E-state index is -3.79. The van der Waals surface area contributed by atoms with Crippen LogP contribution in [0.3, 0.4) is 0 Å². The number of hydrogen-bond acceptors (Lipinski definition) is 10. The Kier molecular flexibility index (Phi) is 8.45. The van der Waals surface area contributed by atoms with E-state index in [1.165, 1.54) is 16.6 Å². The normalized spacial score (nSPS) is 18.4. The number of aromatic nitrogens is 4. The zero-order valence-corrected chi connectivity index (χ0v) is 23.9. The summed E-state index contributed by atoms with van der Waals surface area (Å²) in [6.45, 7) is 9.92. The number of pyridine rings is 2. The van der Waals surface area contributed by atoms with Gasteiger partial charge in [0.15, 0.2) is 0 Å². The number of hydrogen-bond donors (Lipinski definition) is 2. The van der Waals surface area contributed by atoms with Gasteiger partial charge in [0.1, 0.15) is 16.4 Å². The van der Waals surface area contributed by atoms with Crippen LogP contribution in [0.15, 0.2) is 46.3 Å². The van der Waals surface area contributed by atoms with Gasteiger partial charge in [-0.15, -0.1) is 0 Å². The molecule has 2 aliphatic heterocycles. The number of nitrogens with one attached hydrogen (secondary N) is 2. The van der Waals surface area contributed by atoms with E-state index in [0.717, 1.165) is 12.2 Å². The molecule has 5 heterocycles. The molecule has 12 nitrogen and oxygen atoms in total. The smallest absolute Gasteiger partial charge is 0.276 e. The Bertz CT molecular complexity index is 1490. The predicted octanol–water partition coefficient (Wildman–Crippen LogP) is 2.29. The average molecular weight is 569 g/mol. The first kappa shape index (κ1) is 28.1. The van der Waals surface area contributed by atoms with Crippen LogP contribution in [-0.2, 0) is 16.4 Å². The van der Waals surface area contributed by atoms with Crippen LogP contribution in [0.5, 0.6) is 5.88 Å². The van der Waals surface area contributed by atoms with E-state index in [9.17, 15) is 13.2 Å². The zero-order valence-electron chi connectivity index (χ0n) is 23.1. The van der Waals surface area contributed by atoms with Crippen molar-refractivity contribution in [1.29, 1.82) is 0 Å². The summed E-state index contributed by atoms with van der Waals surface area (Å²) in [7, 11) is -3.79. The van der Waals surface area contributed by atoms with Crippen LogP contribution < -0.4 is 15.7 Å². The number of piperazine rings is 1. The monoisotopic (exact) mass is 568 g/mol. The lowest BCUT2D eigenvalue weighted by molar-refractivity contribution is 0.196. The maximum atomic E-state index is 13.5. The van der Waals surface area contributed by atoms with Crippen molar-refractivity contribution >= 4 is 15.7 Å². The number of sulfonamides is 1. The molecule has 0 saturated carbocycles. The minimum absolute atomic E-state index is 0.0428. The van der Waals surface area contributed by atoms with Gasteiger partial charge in [-0.1, -0.05) is 19.9 Å². The second kappa shape index (κ2) is 12.0. The number of rotatable bonds is 10. The molecule has 1 fully saturated rings. The lowest BCUT2D eigenvalue weighted by atomic mass is 10.1. The zero-order chi connectivity index (χ0) is 28.3. The molecular weight excluding hydrogens is 532 g/mol. The highest BCUT2D eigenvalue weighted by Gasteiger charge is 2.34. The number of fused-ring (bicyclic) bond motifs is 1. The molecule has 0 aromatic carbocycles. The van der Waals surface area contributed by atoms with Gasteiger partial charge in [0.2, 0.25) is 15.9 Å². The third kappa shape index (κ3) is 5.59. The molecule has 1 unspecified atom stereocenters. The molecule has 1 saturated heterocycles. The van der Waals surface area contributed by atoms with Gasteiger partial charge < -0.3 is 20.0 Å². The van der Waals surface area contributed by atoms with Crippen LogP contribution in [-0.4, -0.2) is 88.4 Å². The molecule has 2 aliphatic rings. The van der Waals surface area contributed by atoms with Crippen LogP contribution >= 0.6 is 0 Å². The van der Waals surface area contributed by atoms with Crippen LogP contribution in [0.2, 0.25) is 0 Å². The Labute approximate surface area is 234 Å². The summed E-state index contributed by atoms with van der Waals surface area (Å²) >= 11 is 0. The maximum absolute atomic E-state index is 13.5. The fraction of sp³-hybridized carbons (Fsp3) is 0.481. The molecule has 40 heavy (non-hydrogen) atoms. The van der Waals surface area contributed by atoms with Crippen LogP contribution in [0.1, 0.15) is 44.6 Å². The molecule has 0 aliphatic carbocycles. The van der Waals surface area contributed by atoms with Crippen molar-refractivity contribution < 1.29 is 13.2 Å². The van der Waals surface area contributed by atoms with E-state index in [1.54, 1.807) is 6.20 Å². The van der Waals surface area contributed by atoms with E-state index in [0.29, 0.717) is 69.1 Å². The van der Waals surface area contributed by atoms with Crippen molar-refractivity contribution in [3.63, 3.8) is 0 Å². The van der Waals surface area contributed by atoms with Gasteiger partial charge in [-0.05, 0) is 38.1 Å². The Morgan fingerprint density at radius 2 is 1.90 bits per heavy atom. The second-order valence-corrected chi connectivity index (χ2v) is 11.7. The van der Waals surface area contributed by atoms with Gasteiger partial charge in [-0.2, -0.15) is 4.31 Å². The fourth-order valence-corrected chi connectivity index (χ4v) is 6.57. The van der Waals surface area contributed by atoms with Gasteiger partial charge in [-0.3, -0.25) is 9.78 Å². The highest BCUT2D eigenvalue weighted by atomic mass is 32.2. The number of hydrazine groups is 1. The number of H-pyrrole nitrogens is 1. The molecule has 0 radical (unpaired) electrons. The minimum Gasteiger partial charge on any atom is -0.477 e. The fourth-order valence-electron chi connectivity index (χ4n) is 5.17.